The number of amides is 2. The average Bonchev–Trinajstić information content (AvgIpc) is 3.26. The van der Waals surface area contributed by atoms with Crippen LogP contribution in [0.5, 0.6) is 0 Å². The molecule has 1 aliphatic carbocycles. The molecule has 3 heterocycles. The fourth-order valence-electron chi connectivity index (χ4n) is 5.23. The lowest BCUT2D eigenvalue weighted by Crippen LogP contribution is -2.49. The molecule has 38 heavy (non-hydrogen) atoms. The minimum atomic E-state index is -0.417. The predicted octanol–water partition coefficient (Wildman–Crippen LogP) is 1.71. The van der Waals surface area contributed by atoms with Crippen LogP contribution < -0.4 is 16.0 Å². The van der Waals surface area contributed by atoms with Gasteiger partial charge in [0.1, 0.15) is 0 Å². The Hall–Kier alpha value is -3.73. The standard InChI is InChI=1S/C28H33N5O5/c1-37-14-13-32-9-11-33(12-10-32)17-25(34)29-20-5-8-22-18(15-20)4-7-23(30-22)26-21-6-3-19(28(36)38-2)16-24(21)31-27(26)35/h3-5,7-8,15-16,21,30H,6,9-14,17H2,1-2H3,(H,29,34)(H,31,35)/b26-23-. The Balaban J connectivity index is 1.21. The number of allylic oxidation sites excluding steroid dienone is 3. The number of ether oxygens (including phenoxy) is 2. The van der Waals surface area contributed by atoms with Gasteiger partial charge in [-0.15, -0.1) is 0 Å². The molecule has 0 aromatic heterocycles. The third-order valence-corrected chi connectivity index (χ3v) is 7.30. The van der Waals surface area contributed by atoms with Crippen molar-refractivity contribution in [1.82, 2.24) is 15.1 Å². The van der Waals surface area contributed by atoms with Crippen LogP contribution in [0.3, 0.4) is 0 Å². The molecule has 4 aliphatic rings. The van der Waals surface area contributed by atoms with Gasteiger partial charge in [-0.3, -0.25) is 19.4 Å². The lowest BCUT2D eigenvalue weighted by atomic mass is 9.88. The van der Waals surface area contributed by atoms with Crippen LogP contribution in [0.25, 0.3) is 6.08 Å². The number of methoxy groups -OCH3 is 2. The molecular weight excluding hydrogens is 486 g/mol. The van der Waals surface area contributed by atoms with Gasteiger partial charge in [-0.1, -0.05) is 12.2 Å². The summed E-state index contributed by atoms with van der Waals surface area (Å²) < 4.78 is 9.95. The van der Waals surface area contributed by atoms with Gasteiger partial charge in [-0.25, -0.2) is 4.79 Å². The highest BCUT2D eigenvalue weighted by atomic mass is 16.5. The van der Waals surface area contributed by atoms with E-state index in [2.05, 4.69) is 25.8 Å². The van der Waals surface area contributed by atoms with Crippen molar-refractivity contribution >= 4 is 35.2 Å². The van der Waals surface area contributed by atoms with Crippen LogP contribution in [0.15, 0.2) is 59.0 Å². The summed E-state index contributed by atoms with van der Waals surface area (Å²) in [5.74, 6) is -0.784. The summed E-state index contributed by atoms with van der Waals surface area (Å²) in [6.07, 6.45) is 7.84. The van der Waals surface area contributed by atoms with Crippen LogP contribution >= 0.6 is 0 Å². The molecule has 0 bridgehead atoms. The average molecular weight is 520 g/mol. The van der Waals surface area contributed by atoms with Crippen molar-refractivity contribution in [2.75, 3.05) is 70.7 Å². The molecule has 1 atom stereocenters. The van der Waals surface area contributed by atoms with Gasteiger partial charge in [0, 0.05) is 79.7 Å². The quantitative estimate of drug-likeness (QED) is 0.369. The summed E-state index contributed by atoms with van der Waals surface area (Å²) in [6.45, 7) is 5.58. The number of hydrogen-bond donors (Lipinski definition) is 3. The van der Waals surface area contributed by atoms with E-state index in [4.69, 9.17) is 9.47 Å². The van der Waals surface area contributed by atoms with Crippen LogP contribution in [0, 0.1) is 5.92 Å². The van der Waals surface area contributed by atoms with Gasteiger partial charge in [-0.05, 0) is 36.8 Å². The summed E-state index contributed by atoms with van der Waals surface area (Å²) in [7, 11) is 3.05. The maximum atomic E-state index is 12.8. The highest BCUT2D eigenvalue weighted by Crippen LogP contribution is 2.38. The zero-order chi connectivity index (χ0) is 26.6. The molecule has 1 aromatic carbocycles. The van der Waals surface area contributed by atoms with Crippen molar-refractivity contribution in [3.63, 3.8) is 0 Å². The van der Waals surface area contributed by atoms with Gasteiger partial charge < -0.3 is 25.4 Å². The third-order valence-electron chi connectivity index (χ3n) is 7.30. The van der Waals surface area contributed by atoms with Crippen LogP contribution in [0.2, 0.25) is 0 Å². The van der Waals surface area contributed by atoms with Crippen molar-refractivity contribution in [3.05, 3.63) is 64.5 Å². The fourth-order valence-corrected chi connectivity index (χ4v) is 5.23. The number of nitrogens with zero attached hydrogens (tertiary/aromatic N) is 2. The van der Waals surface area contributed by atoms with E-state index in [0.29, 0.717) is 29.8 Å². The maximum absolute atomic E-state index is 12.8. The Labute approximate surface area is 222 Å². The van der Waals surface area contributed by atoms with E-state index in [1.165, 1.54) is 7.11 Å². The van der Waals surface area contributed by atoms with E-state index >= 15 is 0 Å². The number of piperazine rings is 1. The van der Waals surface area contributed by atoms with Gasteiger partial charge in [0.25, 0.3) is 5.91 Å². The van der Waals surface area contributed by atoms with Crippen LogP contribution in [0.1, 0.15) is 12.0 Å². The molecule has 1 aromatic rings. The van der Waals surface area contributed by atoms with E-state index in [-0.39, 0.29) is 17.7 Å². The molecule has 200 valence electrons. The summed E-state index contributed by atoms with van der Waals surface area (Å²) in [6, 6.07) is 5.69. The molecule has 2 saturated heterocycles. The van der Waals surface area contributed by atoms with Crippen molar-refractivity contribution < 1.29 is 23.9 Å². The highest BCUT2D eigenvalue weighted by molar-refractivity contribution is 6.03. The Kier molecular flexibility index (Phi) is 7.73. The molecule has 0 radical (unpaired) electrons. The number of esters is 1. The number of benzene rings is 1. The first-order valence-corrected chi connectivity index (χ1v) is 12.8. The fraction of sp³-hybridized carbons (Fsp3) is 0.393. The normalized spacial score (nSPS) is 23.0. The summed E-state index contributed by atoms with van der Waals surface area (Å²) >= 11 is 0. The molecule has 5 rings (SSSR count). The highest BCUT2D eigenvalue weighted by Gasteiger charge is 2.37. The number of nitrogens with one attached hydrogen (secondary N) is 3. The number of rotatable bonds is 7. The molecule has 3 N–H and O–H groups in total. The SMILES string of the molecule is COCCN1CCN(CC(=O)Nc2ccc3c(c2)C=C/C(=C2/C(=O)NC4=CC(C(=O)OC)=CCC42)N3)CC1. The molecule has 3 aliphatic heterocycles. The summed E-state index contributed by atoms with van der Waals surface area (Å²) in [5.41, 5.74) is 5.01. The number of hydrogen-bond acceptors (Lipinski definition) is 8. The van der Waals surface area contributed by atoms with Gasteiger partial charge in [0.05, 0.1) is 25.8 Å². The van der Waals surface area contributed by atoms with Crippen LogP contribution in [-0.2, 0) is 23.9 Å². The topological polar surface area (TPSA) is 112 Å². The maximum Gasteiger partial charge on any atom is 0.337 e. The van der Waals surface area contributed by atoms with E-state index in [0.717, 1.165) is 62.0 Å². The molecule has 10 nitrogen and oxygen atoms in total. The number of fused-ring (bicyclic) bond motifs is 2. The molecule has 0 saturated carbocycles. The molecule has 2 amide bonds. The van der Waals surface area contributed by atoms with Gasteiger partial charge in [-0.2, -0.15) is 0 Å². The monoisotopic (exact) mass is 519 g/mol. The zero-order valence-corrected chi connectivity index (χ0v) is 21.7. The smallest absolute Gasteiger partial charge is 0.337 e. The van der Waals surface area contributed by atoms with Crippen molar-refractivity contribution in [2.24, 2.45) is 5.92 Å². The second-order valence-electron chi connectivity index (χ2n) is 9.74. The third kappa shape index (κ3) is 5.57. The van der Waals surface area contributed by atoms with E-state index in [9.17, 15) is 14.4 Å². The summed E-state index contributed by atoms with van der Waals surface area (Å²) in [4.78, 5) is 41.9. The van der Waals surface area contributed by atoms with Crippen molar-refractivity contribution in [1.29, 1.82) is 0 Å². The van der Waals surface area contributed by atoms with E-state index < -0.39 is 5.97 Å². The molecule has 2 fully saturated rings. The van der Waals surface area contributed by atoms with Crippen molar-refractivity contribution in [2.45, 2.75) is 6.42 Å². The van der Waals surface area contributed by atoms with Crippen LogP contribution in [0.4, 0.5) is 11.4 Å². The lowest BCUT2D eigenvalue weighted by molar-refractivity contribution is -0.135. The molecular formula is C28H33N5O5. The lowest BCUT2D eigenvalue weighted by Gasteiger charge is -2.34. The first kappa shape index (κ1) is 25.9. The second-order valence-corrected chi connectivity index (χ2v) is 9.74. The van der Waals surface area contributed by atoms with E-state index in [1.54, 1.807) is 19.3 Å². The van der Waals surface area contributed by atoms with Gasteiger partial charge in [0.15, 0.2) is 0 Å². The Bertz CT molecular complexity index is 1260. The zero-order valence-electron chi connectivity index (χ0n) is 21.7. The Morgan fingerprint density at radius 3 is 2.63 bits per heavy atom. The Morgan fingerprint density at radius 2 is 1.87 bits per heavy atom. The predicted molar refractivity (Wildman–Crippen MR) is 144 cm³/mol. The first-order valence-electron chi connectivity index (χ1n) is 12.8. The van der Waals surface area contributed by atoms with Crippen molar-refractivity contribution in [3.8, 4) is 0 Å². The van der Waals surface area contributed by atoms with Gasteiger partial charge >= 0.3 is 5.97 Å². The largest absolute Gasteiger partial charge is 0.465 e. The first-order chi connectivity index (χ1) is 18.4. The second kappa shape index (κ2) is 11.3. The van der Waals surface area contributed by atoms with E-state index in [1.807, 2.05) is 30.4 Å². The number of carbonyl (C=O) groups excluding carboxylic acids is 3. The van der Waals surface area contributed by atoms with Gasteiger partial charge in [0.2, 0.25) is 5.91 Å². The minimum Gasteiger partial charge on any atom is -0.465 e. The Morgan fingerprint density at radius 1 is 1.08 bits per heavy atom. The molecule has 0 spiro atoms. The minimum absolute atomic E-state index is 0.0375. The number of anilines is 2. The summed E-state index contributed by atoms with van der Waals surface area (Å²) in [5, 5.41) is 9.27. The molecule has 1 unspecified atom stereocenters. The number of carbonyl (C=O) groups is 3. The molecule has 10 heteroatoms. The van der Waals surface area contributed by atoms with Crippen LogP contribution in [-0.4, -0.2) is 87.7 Å².